The van der Waals surface area contributed by atoms with Gasteiger partial charge in [-0.2, -0.15) is 0 Å². The van der Waals surface area contributed by atoms with Crippen molar-refractivity contribution in [3.05, 3.63) is 30.3 Å². The maximum absolute atomic E-state index is 12.0. The number of carbonyl (C=O) groups is 2. The normalized spacial score (nSPS) is 11.1. The molecule has 21 heavy (non-hydrogen) atoms. The van der Waals surface area contributed by atoms with E-state index in [0.29, 0.717) is 13.0 Å². The van der Waals surface area contributed by atoms with Crippen LogP contribution >= 0.6 is 0 Å². The highest BCUT2D eigenvalue weighted by atomic mass is 32.2. The minimum Gasteiger partial charge on any atom is -0.481 e. The van der Waals surface area contributed by atoms with E-state index in [1.54, 1.807) is 25.2 Å². The predicted molar refractivity (Wildman–Crippen MR) is 77.6 cm³/mol. The predicted octanol–water partition coefficient (Wildman–Crippen LogP) is 1.17. The monoisotopic (exact) mass is 313 g/mol. The molecule has 0 saturated carbocycles. The van der Waals surface area contributed by atoms with E-state index >= 15 is 0 Å². The summed E-state index contributed by atoms with van der Waals surface area (Å²) in [5.74, 6) is -1.47. The maximum atomic E-state index is 12.0. The standard InChI is InChI=1S/C14H19NO5S/c1-15(10-5-8-14(17)18)13(16)9-11-21(19,20)12-6-3-2-4-7-12/h2-4,6-7H,5,8-11H2,1H3,(H,17,18). The zero-order valence-electron chi connectivity index (χ0n) is 11.9. The number of nitrogens with zero attached hydrogens (tertiary/aromatic N) is 1. The van der Waals surface area contributed by atoms with Crippen molar-refractivity contribution in [2.75, 3.05) is 19.3 Å². The molecule has 0 spiro atoms. The molecule has 6 nitrogen and oxygen atoms in total. The molecule has 0 aliphatic heterocycles. The van der Waals surface area contributed by atoms with Crippen LogP contribution in [0, 0.1) is 0 Å². The van der Waals surface area contributed by atoms with Crippen LogP contribution in [-0.2, 0) is 19.4 Å². The lowest BCUT2D eigenvalue weighted by atomic mass is 10.3. The van der Waals surface area contributed by atoms with Crippen LogP contribution in [0.3, 0.4) is 0 Å². The van der Waals surface area contributed by atoms with Crippen LogP contribution in [0.1, 0.15) is 19.3 Å². The average molecular weight is 313 g/mol. The first-order valence-corrected chi connectivity index (χ1v) is 8.22. The number of aliphatic carboxylic acids is 1. The molecule has 0 aliphatic carbocycles. The Balaban J connectivity index is 2.47. The molecule has 0 saturated heterocycles. The van der Waals surface area contributed by atoms with E-state index in [-0.39, 0.29) is 29.4 Å². The molecule has 0 fully saturated rings. The second kappa shape index (κ2) is 7.78. The van der Waals surface area contributed by atoms with E-state index in [1.165, 1.54) is 17.0 Å². The summed E-state index contributed by atoms with van der Waals surface area (Å²) >= 11 is 0. The van der Waals surface area contributed by atoms with Crippen LogP contribution in [0.5, 0.6) is 0 Å². The SMILES string of the molecule is CN(CCCC(=O)O)C(=O)CCS(=O)(=O)c1ccccc1. The fraction of sp³-hybridized carbons (Fsp3) is 0.429. The summed E-state index contributed by atoms with van der Waals surface area (Å²) in [4.78, 5) is 23.8. The van der Waals surface area contributed by atoms with Crippen LogP contribution in [0.2, 0.25) is 0 Å². The smallest absolute Gasteiger partial charge is 0.303 e. The summed E-state index contributed by atoms with van der Waals surface area (Å²) in [6.07, 6.45) is 0.226. The number of carboxylic acid groups (broad SMARTS) is 1. The Hall–Kier alpha value is -1.89. The number of hydrogen-bond acceptors (Lipinski definition) is 4. The van der Waals surface area contributed by atoms with Crippen molar-refractivity contribution in [3.63, 3.8) is 0 Å². The Bertz CT molecular complexity index is 583. The Morgan fingerprint density at radius 1 is 1.14 bits per heavy atom. The molecule has 1 amide bonds. The lowest BCUT2D eigenvalue weighted by molar-refractivity contribution is -0.138. The summed E-state index contributed by atoms with van der Waals surface area (Å²) in [6.45, 7) is 0.302. The van der Waals surface area contributed by atoms with Gasteiger partial charge in [-0.25, -0.2) is 8.42 Å². The number of carbonyl (C=O) groups excluding carboxylic acids is 1. The first-order valence-electron chi connectivity index (χ1n) is 6.56. The van der Waals surface area contributed by atoms with Gasteiger partial charge in [-0.15, -0.1) is 0 Å². The van der Waals surface area contributed by atoms with Gasteiger partial charge in [-0.05, 0) is 18.6 Å². The van der Waals surface area contributed by atoms with Crippen LogP contribution in [0.15, 0.2) is 35.2 Å². The second-order valence-electron chi connectivity index (χ2n) is 4.69. The van der Waals surface area contributed by atoms with Gasteiger partial charge >= 0.3 is 5.97 Å². The molecule has 0 unspecified atom stereocenters. The van der Waals surface area contributed by atoms with Crippen molar-refractivity contribution in [1.82, 2.24) is 4.90 Å². The van der Waals surface area contributed by atoms with Gasteiger partial charge in [-0.3, -0.25) is 9.59 Å². The number of rotatable bonds is 8. The highest BCUT2D eigenvalue weighted by molar-refractivity contribution is 7.91. The van der Waals surface area contributed by atoms with Gasteiger partial charge in [0, 0.05) is 26.4 Å². The molecule has 7 heteroatoms. The highest BCUT2D eigenvalue weighted by Crippen LogP contribution is 2.11. The highest BCUT2D eigenvalue weighted by Gasteiger charge is 2.17. The molecule has 0 radical (unpaired) electrons. The van der Waals surface area contributed by atoms with E-state index in [9.17, 15) is 18.0 Å². The molecule has 0 heterocycles. The first-order chi connectivity index (χ1) is 9.83. The largest absolute Gasteiger partial charge is 0.481 e. The molecule has 0 bridgehead atoms. The van der Waals surface area contributed by atoms with Gasteiger partial charge in [-0.1, -0.05) is 18.2 Å². The minimum atomic E-state index is -3.46. The molecule has 0 aliphatic rings. The van der Waals surface area contributed by atoms with Crippen LogP contribution in [0.25, 0.3) is 0 Å². The van der Waals surface area contributed by atoms with Gasteiger partial charge < -0.3 is 10.0 Å². The number of carboxylic acids is 1. The quantitative estimate of drug-likeness (QED) is 0.778. The molecule has 1 aromatic rings. The molecule has 1 aromatic carbocycles. The third kappa shape index (κ3) is 5.95. The van der Waals surface area contributed by atoms with Crippen molar-refractivity contribution in [2.45, 2.75) is 24.2 Å². The Morgan fingerprint density at radius 2 is 1.76 bits per heavy atom. The maximum Gasteiger partial charge on any atom is 0.303 e. The van der Waals surface area contributed by atoms with Gasteiger partial charge in [0.15, 0.2) is 9.84 Å². The lowest BCUT2D eigenvalue weighted by Gasteiger charge is -2.16. The average Bonchev–Trinajstić information content (AvgIpc) is 2.45. The van der Waals surface area contributed by atoms with Crippen molar-refractivity contribution < 1.29 is 23.1 Å². The second-order valence-corrected chi connectivity index (χ2v) is 6.80. The Kier molecular flexibility index (Phi) is 6.36. The third-order valence-corrected chi connectivity index (χ3v) is 4.73. The van der Waals surface area contributed by atoms with Crippen LogP contribution < -0.4 is 0 Å². The Morgan fingerprint density at radius 3 is 2.33 bits per heavy atom. The van der Waals surface area contributed by atoms with Gasteiger partial charge in [0.25, 0.3) is 0 Å². The van der Waals surface area contributed by atoms with Crippen molar-refractivity contribution >= 4 is 21.7 Å². The molecular formula is C14H19NO5S. The van der Waals surface area contributed by atoms with E-state index < -0.39 is 15.8 Å². The zero-order chi connectivity index (χ0) is 15.9. The van der Waals surface area contributed by atoms with E-state index in [0.717, 1.165) is 0 Å². The van der Waals surface area contributed by atoms with Gasteiger partial charge in [0.1, 0.15) is 0 Å². The minimum absolute atomic E-state index is 0.0140. The number of hydrogen-bond donors (Lipinski definition) is 1. The fourth-order valence-electron chi connectivity index (χ4n) is 1.75. The molecule has 1 N–H and O–H groups in total. The number of sulfone groups is 1. The summed E-state index contributed by atoms with van der Waals surface area (Å²) < 4.78 is 24.0. The zero-order valence-corrected chi connectivity index (χ0v) is 12.7. The molecule has 1 rings (SSSR count). The number of benzene rings is 1. The van der Waals surface area contributed by atoms with Crippen molar-refractivity contribution in [3.8, 4) is 0 Å². The van der Waals surface area contributed by atoms with E-state index in [4.69, 9.17) is 5.11 Å². The fourth-order valence-corrected chi connectivity index (χ4v) is 3.00. The van der Waals surface area contributed by atoms with Crippen LogP contribution in [-0.4, -0.2) is 49.6 Å². The van der Waals surface area contributed by atoms with Crippen molar-refractivity contribution in [1.29, 1.82) is 0 Å². The third-order valence-electron chi connectivity index (χ3n) is 3.00. The Labute approximate surface area is 124 Å². The summed E-state index contributed by atoms with van der Waals surface area (Å²) in [5, 5.41) is 8.52. The summed E-state index contributed by atoms with van der Waals surface area (Å²) in [6, 6.07) is 7.98. The van der Waals surface area contributed by atoms with Crippen molar-refractivity contribution in [2.24, 2.45) is 0 Å². The van der Waals surface area contributed by atoms with Gasteiger partial charge in [0.05, 0.1) is 10.6 Å². The van der Waals surface area contributed by atoms with Gasteiger partial charge in [0.2, 0.25) is 5.91 Å². The van der Waals surface area contributed by atoms with E-state index in [1.807, 2.05) is 0 Å². The lowest BCUT2D eigenvalue weighted by Crippen LogP contribution is -2.29. The van der Waals surface area contributed by atoms with E-state index in [2.05, 4.69) is 0 Å². The summed E-state index contributed by atoms with van der Waals surface area (Å²) in [5.41, 5.74) is 0. The molecule has 0 atom stereocenters. The molecule has 0 aromatic heterocycles. The molecule has 116 valence electrons. The molecular weight excluding hydrogens is 294 g/mol. The first kappa shape index (κ1) is 17.2. The topological polar surface area (TPSA) is 91.8 Å². The number of amides is 1. The van der Waals surface area contributed by atoms with Crippen LogP contribution in [0.4, 0.5) is 0 Å². The summed E-state index contributed by atoms with van der Waals surface area (Å²) in [7, 11) is -1.92.